The van der Waals surface area contributed by atoms with E-state index < -0.39 is 38.7 Å². The number of halogens is 4. The first-order valence-corrected chi connectivity index (χ1v) is 6.52. The van der Waals surface area contributed by atoms with Gasteiger partial charge in [-0.1, -0.05) is 18.2 Å². The predicted molar refractivity (Wildman–Crippen MR) is 50.7 cm³/mol. The van der Waals surface area contributed by atoms with Gasteiger partial charge in [-0.3, -0.25) is 0 Å². The van der Waals surface area contributed by atoms with Gasteiger partial charge in [0.25, 0.3) is 0 Å². The van der Waals surface area contributed by atoms with Crippen LogP contribution in [0.15, 0.2) is 24.3 Å². The monoisotopic (exact) mass is 272 g/mol. The maximum atomic E-state index is 13.0. The van der Waals surface area contributed by atoms with Gasteiger partial charge in [0, 0.05) is 5.75 Å². The molecule has 1 aromatic carbocycles. The molecule has 0 unspecified atom stereocenters. The molecule has 3 nitrogen and oxygen atoms in total. The SMILES string of the molecule is O=S([O-])([O-])(Cc1ccccc1F)CC(F)(F)F. The summed E-state index contributed by atoms with van der Waals surface area (Å²) >= 11 is 0. The summed E-state index contributed by atoms with van der Waals surface area (Å²) in [7, 11) is -6.44. The molecule has 0 aliphatic carbocycles. The molecule has 0 fully saturated rings. The molecular weight excluding hydrogens is 264 g/mol. The third-order valence-corrected chi connectivity index (χ3v) is 3.59. The summed E-state index contributed by atoms with van der Waals surface area (Å²) in [5.41, 5.74) is -0.571. The van der Waals surface area contributed by atoms with E-state index in [1.165, 1.54) is 12.1 Å². The summed E-state index contributed by atoms with van der Waals surface area (Å²) in [5.74, 6) is -5.04. The molecule has 0 amide bonds. The predicted octanol–water partition coefficient (Wildman–Crippen LogP) is 1.97. The van der Waals surface area contributed by atoms with Crippen LogP contribution in [0, 0.1) is 5.82 Å². The molecule has 1 aromatic rings. The van der Waals surface area contributed by atoms with Gasteiger partial charge in [0.1, 0.15) is 5.82 Å². The molecule has 0 heterocycles. The van der Waals surface area contributed by atoms with E-state index in [4.69, 9.17) is 0 Å². The molecule has 0 aromatic heterocycles. The zero-order chi connectivity index (χ0) is 13.3. The van der Waals surface area contributed by atoms with Gasteiger partial charge >= 0.3 is 6.18 Å². The van der Waals surface area contributed by atoms with E-state index in [2.05, 4.69) is 0 Å². The van der Waals surface area contributed by atoms with Crippen LogP contribution in [0.1, 0.15) is 5.56 Å². The molecule has 1 rings (SSSR count). The lowest BCUT2D eigenvalue weighted by Crippen LogP contribution is -2.44. The van der Waals surface area contributed by atoms with Crippen LogP contribution in [0.5, 0.6) is 0 Å². The summed E-state index contributed by atoms with van der Waals surface area (Å²) in [5, 5.41) is 0. The number of alkyl halides is 3. The number of hydrogen-bond donors (Lipinski definition) is 0. The standard InChI is InChI=1S/C9H10F4O3S/c10-8-4-2-1-3-7(8)5-17(14,15,16)6-9(11,12)13/h1-4H,5-6H2,(H2,14,15,16)/p-2. The van der Waals surface area contributed by atoms with E-state index in [0.717, 1.165) is 12.1 Å². The van der Waals surface area contributed by atoms with Gasteiger partial charge in [0.2, 0.25) is 0 Å². The third kappa shape index (κ3) is 4.80. The molecule has 0 saturated heterocycles. The smallest absolute Gasteiger partial charge is 0.396 e. The molecule has 17 heavy (non-hydrogen) atoms. The Morgan fingerprint density at radius 3 is 2.18 bits per heavy atom. The summed E-state index contributed by atoms with van der Waals surface area (Å²) in [4.78, 5) is 0. The highest BCUT2D eigenvalue weighted by atomic mass is 32.3. The van der Waals surface area contributed by atoms with Crippen molar-refractivity contribution in [2.75, 3.05) is 5.75 Å². The Hall–Kier alpha value is -0.990. The lowest BCUT2D eigenvalue weighted by atomic mass is 10.2. The van der Waals surface area contributed by atoms with Crippen LogP contribution in [-0.2, 0) is 15.4 Å². The highest BCUT2D eigenvalue weighted by Crippen LogP contribution is 2.31. The normalized spacial score (nSPS) is 15.3. The van der Waals surface area contributed by atoms with Crippen molar-refractivity contribution < 1.29 is 30.9 Å². The maximum absolute atomic E-state index is 13.0. The quantitative estimate of drug-likeness (QED) is 0.790. The zero-order valence-corrected chi connectivity index (χ0v) is 9.18. The van der Waals surface area contributed by atoms with E-state index in [1.807, 2.05) is 0 Å². The van der Waals surface area contributed by atoms with Crippen molar-refractivity contribution >= 4 is 9.63 Å². The Balaban J connectivity index is 3.01. The van der Waals surface area contributed by atoms with Crippen molar-refractivity contribution in [3.63, 3.8) is 0 Å². The fourth-order valence-corrected chi connectivity index (χ4v) is 2.85. The van der Waals surface area contributed by atoms with E-state index >= 15 is 0 Å². The van der Waals surface area contributed by atoms with Crippen molar-refractivity contribution in [3.05, 3.63) is 35.6 Å². The van der Waals surface area contributed by atoms with Crippen molar-refractivity contribution in [1.29, 1.82) is 0 Å². The molecule has 0 saturated carbocycles. The Kier molecular flexibility index (Phi) is 3.34. The molecule has 0 aliphatic rings. The first-order chi connectivity index (χ1) is 7.46. The van der Waals surface area contributed by atoms with Gasteiger partial charge < -0.3 is 13.3 Å². The molecule has 0 bridgehead atoms. The van der Waals surface area contributed by atoms with Gasteiger partial charge in [-0.25, -0.2) is 14.0 Å². The number of hydrogen-bond acceptors (Lipinski definition) is 3. The largest absolute Gasteiger partial charge is 0.798 e. The van der Waals surface area contributed by atoms with Crippen LogP contribution in [0.2, 0.25) is 0 Å². The van der Waals surface area contributed by atoms with Crippen LogP contribution in [-0.4, -0.2) is 25.2 Å². The van der Waals surface area contributed by atoms with Gasteiger partial charge in [-0.2, -0.15) is 13.2 Å². The molecule has 0 N–H and O–H groups in total. The van der Waals surface area contributed by atoms with Crippen LogP contribution < -0.4 is 0 Å². The number of benzene rings is 1. The van der Waals surface area contributed by atoms with Crippen molar-refractivity contribution in [2.24, 2.45) is 0 Å². The minimum Gasteiger partial charge on any atom is -0.798 e. The molecule has 0 radical (unpaired) electrons. The number of sulfone groups is 3. The van der Waals surface area contributed by atoms with E-state index in [1.54, 1.807) is 0 Å². The van der Waals surface area contributed by atoms with E-state index in [0.29, 0.717) is 0 Å². The molecule has 0 atom stereocenters. The first-order valence-electron chi connectivity index (χ1n) is 4.37. The Morgan fingerprint density at radius 1 is 1.18 bits per heavy atom. The van der Waals surface area contributed by atoms with Crippen LogP contribution in [0.25, 0.3) is 0 Å². The lowest BCUT2D eigenvalue weighted by Gasteiger charge is -2.55. The Labute approximate surface area is 94.5 Å². The second-order valence-electron chi connectivity index (χ2n) is 3.61. The van der Waals surface area contributed by atoms with Crippen LogP contribution >= 0.6 is 0 Å². The fraction of sp³-hybridized carbons (Fsp3) is 0.333. The fourth-order valence-electron chi connectivity index (χ4n) is 1.28. The minimum absolute atomic E-state index is 0.571. The zero-order valence-electron chi connectivity index (χ0n) is 8.37. The van der Waals surface area contributed by atoms with Gasteiger partial charge in [0.15, 0.2) is 0 Å². The lowest BCUT2D eigenvalue weighted by molar-refractivity contribution is -0.109. The highest BCUT2D eigenvalue weighted by Gasteiger charge is 2.34. The molecule has 8 heteroatoms. The molecule has 0 aliphatic heterocycles. The van der Waals surface area contributed by atoms with Crippen molar-refractivity contribution in [2.45, 2.75) is 11.9 Å². The summed E-state index contributed by atoms with van der Waals surface area (Å²) in [6.45, 7) is 0. The minimum atomic E-state index is -6.44. The summed E-state index contributed by atoms with van der Waals surface area (Å²) < 4.78 is 82.2. The van der Waals surface area contributed by atoms with E-state index in [9.17, 15) is 30.9 Å². The second kappa shape index (κ2) is 4.04. The van der Waals surface area contributed by atoms with E-state index in [-0.39, 0.29) is 0 Å². The first kappa shape index (κ1) is 14.1. The average molecular weight is 272 g/mol. The van der Waals surface area contributed by atoms with Gasteiger partial charge in [-0.05, 0) is 11.6 Å². The van der Waals surface area contributed by atoms with Crippen LogP contribution in [0.4, 0.5) is 17.6 Å². The molecule has 0 spiro atoms. The van der Waals surface area contributed by atoms with Gasteiger partial charge in [-0.15, -0.1) is 0 Å². The van der Waals surface area contributed by atoms with Crippen molar-refractivity contribution in [3.8, 4) is 0 Å². The summed E-state index contributed by atoms with van der Waals surface area (Å²) in [6.07, 6.45) is -5.14. The van der Waals surface area contributed by atoms with Crippen molar-refractivity contribution in [1.82, 2.24) is 0 Å². The topological polar surface area (TPSA) is 63.2 Å². The molecule has 98 valence electrons. The van der Waals surface area contributed by atoms with Crippen LogP contribution in [0.3, 0.4) is 0 Å². The highest BCUT2D eigenvalue weighted by molar-refractivity contribution is 8.09. The maximum Gasteiger partial charge on any atom is 0.396 e. The Bertz CT molecular complexity index is 477. The van der Waals surface area contributed by atoms with Gasteiger partial charge in [0.05, 0.1) is 5.75 Å². The Morgan fingerprint density at radius 2 is 1.71 bits per heavy atom. The third-order valence-electron chi connectivity index (χ3n) is 1.83. The average Bonchev–Trinajstić information content (AvgIpc) is 2.02. The summed E-state index contributed by atoms with van der Waals surface area (Å²) in [6, 6.07) is 4.28. The second-order valence-corrected chi connectivity index (χ2v) is 6.42. The molecular formula is C9H8F4O3S-2. The number of rotatable bonds is 3.